The molecule has 1 aromatic rings. The van der Waals surface area contributed by atoms with Gasteiger partial charge in [0.2, 0.25) is 5.75 Å². The zero-order chi connectivity index (χ0) is 13.6. The minimum Gasteiger partial charge on any atom is -0.372 e. The molecule has 3 nitrogen and oxygen atoms in total. The molecule has 0 spiro atoms. The molecule has 1 aliphatic heterocycles. The lowest BCUT2D eigenvalue weighted by molar-refractivity contribution is -1.34. The van der Waals surface area contributed by atoms with Gasteiger partial charge in [-0.25, -0.2) is 4.84 Å². The van der Waals surface area contributed by atoms with Crippen LogP contribution < -0.4 is 9.57 Å². The Balaban J connectivity index is 2.33. The van der Waals surface area contributed by atoms with Crippen LogP contribution in [0.3, 0.4) is 0 Å². The van der Waals surface area contributed by atoms with Crippen molar-refractivity contribution in [1.82, 2.24) is 0 Å². The minimum absolute atomic E-state index is 0.309. The molecule has 0 bridgehead atoms. The SMILES string of the molecule is CC(C)Cc1ccc2c(c1)O[N+](F)(F)C(F)(F)O2. The van der Waals surface area contributed by atoms with Gasteiger partial charge in [-0.15, -0.1) is 0 Å². The minimum atomic E-state index is -4.72. The number of benzene rings is 1. The van der Waals surface area contributed by atoms with Gasteiger partial charge in [-0.1, -0.05) is 28.7 Å². The van der Waals surface area contributed by atoms with Gasteiger partial charge in [-0.2, -0.15) is 0 Å². The first-order valence-electron chi connectivity index (χ1n) is 5.39. The van der Waals surface area contributed by atoms with Gasteiger partial charge in [0.25, 0.3) is 0 Å². The van der Waals surface area contributed by atoms with Crippen molar-refractivity contribution in [2.75, 3.05) is 0 Å². The largest absolute Gasteiger partial charge is 0.691 e. The number of hydrogen-bond donors (Lipinski definition) is 0. The lowest BCUT2D eigenvalue weighted by Gasteiger charge is -2.25. The number of hydroxylamine groups is 1. The zero-order valence-corrected chi connectivity index (χ0v) is 9.79. The van der Waals surface area contributed by atoms with E-state index in [1.807, 2.05) is 13.8 Å². The van der Waals surface area contributed by atoms with Crippen LogP contribution in [0.1, 0.15) is 19.4 Å². The monoisotopic (exact) mass is 266 g/mol. The Kier molecular flexibility index (Phi) is 2.89. The number of ether oxygens (including phenoxy) is 1. The van der Waals surface area contributed by atoms with E-state index in [1.165, 1.54) is 12.1 Å². The summed E-state index contributed by atoms with van der Waals surface area (Å²) in [5.41, 5.74) is 0.720. The molecule has 1 heterocycles. The number of quaternary nitrogens is 1. The van der Waals surface area contributed by atoms with Gasteiger partial charge in [0.1, 0.15) is 8.96 Å². The van der Waals surface area contributed by atoms with E-state index in [-0.39, 0.29) is 5.75 Å². The second-order valence-electron chi connectivity index (χ2n) is 4.52. The van der Waals surface area contributed by atoms with Crippen LogP contribution in [0.25, 0.3) is 0 Å². The Bertz CT molecular complexity index is 462. The predicted molar refractivity (Wildman–Crippen MR) is 53.7 cm³/mol. The third kappa shape index (κ3) is 2.22. The van der Waals surface area contributed by atoms with Crippen molar-refractivity contribution in [3.05, 3.63) is 23.8 Å². The van der Waals surface area contributed by atoms with E-state index in [0.29, 0.717) is 12.3 Å². The number of alkyl halides is 2. The molecule has 0 aromatic heterocycles. The fourth-order valence-corrected chi connectivity index (χ4v) is 1.67. The first-order valence-corrected chi connectivity index (χ1v) is 5.39. The highest BCUT2D eigenvalue weighted by molar-refractivity contribution is 5.43. The van der Waals surface area contributed by atoms with E-state index in [0.717, 1.165) is 5.56 Å². The molecular weight excluding hydrogens is 254 g/mol. The average molecular weight is 266 g/mol. The number of nitrogens with zero attached hydrogens (tertiary/aromatic N) is 1. The van der Waals surface area contributed by atoms with Gasteiger partial charge in [-0.3, -0.25) is 0 Å². The molecule has 0 saturated heterocycles. The maximum atomic E-state index is 12.9. The second kappa shape index (κ2) is 4.01. The maximum Gasteiger partial charge on any atom is 0.691 e. The molecule has 7 heteroatoms. The van der Waals surface area contributed by atoms with Crippen molar-refractivity contribution in [2.24, 2.45) is 5.92 Å². The third-order valence-electron chi connectivity index (χ3n) is 2.40. The molecule has 0 N–H and O–H groups in total. The van der Waals surface area contributed by atoms with E-state index in [9.17, 15) is 17.7 Å². The summed E-state index contributed by atoms with van der Waals surface area (Å²) in [5.74, 6) is -0.468. The van der Waals surface area contributed by atoms with Crippen LogP contribution in [0.5, 0.6) is 11.5 Å². The molecule has 0 aliphatic carbocycles. The van der Waals surface area contributed by atoms with Crippen LogP contribution in [0.4, 0.5) is 17.7 Å². The van der Waals surface area contributed by atoms with Crippen LogP contribution in [0.2, 0.25) is 0 Å². The van der Waals surface area contributed by atoms with Crippen LogP contribution in [-0.2, 0) is 6.42 Å². The molecule has 1 aromatic carbocycles. The molecule has 0 amide bonds. The Morgan fingerprint density at radius 1 is 1.22 bits per heavy atom. The van der Waals surface area contributed by atoms with Crippen molar-refractivity contribution < 1.29 is 32.4 Å². The summed E-state index contributed by atoms with van der Waals surface area (Å²) in [6.07, 6.45) is -4.09. The summed E-state index contributed by atoms with van der Waals surface area (Å²) in [6.45, 7) is 3.91. The van der Waals surface area contributed by atoms with Gasteiger partial charge in [0, 0.05) is 0 Å². The molecule has 0 fully saturated rings. The van der Waals surface area contributed by atoms with Gasteiger partial charge in [0.05, 0.1) is 0 Å². The lowest BCUT2D eigenvalue weighted by Crippen LogP contribution is -2.56. The van der Waals surface area contributed by atoms with E-state index in [1.54, 1.807) is 6.07 Å². The summed E-state index contributed by atoms with van der Waals surface area (Å²) in [7, 11) is 0. The number of rotatable bonds is 2. The lowest BCUT2D eigenvalue weighted by atomic mass is 10.0. The fraction of sp³-hybridized carbons (Fsp3) is 0.455. The van der Waals surface area contributed by atoms with E-state index in [4.69, 9.17) is 0 Å². The van der Waals surface area contributed by atoms with Crippen LogP contribution in [-0.4, -0.2) is 11.3 Å². The Morgan fingerprint density at radius 3 is 2.50 bits per heavy atom. The molecule has 2 rings (SSSR count). The highest BCUT2D eigenvalue weighted by Crippen LogP contribution is 2.45. The number of halogens is 4. The standard InChI is InChI=1S/C11H12F4NO2/c1-7(2)5-8-3-4-9-10(6-8)18-16(14,15)11(12,13)17-9/h3-4,6-7H,5H2,1-2H3/q+1. The first kappa shape index (κ1) is 12.9. The molecule has 0 radical (unpaired) electrons. The maximum absolute atomic E-state index is 12.9. The third-order valence-corrected chi connectivity index (χ3v) is 2.40. The van der Waals surface area contributed by atoms with E-state index in [2.05, 4.69) is 9.57 Å². The van der Waals surface area contributed by atoms with Gasteiger partial charge >= 0.3 is 11.3 Å². The topological polar surface area (TPSA) is 18.5 Å². The quantitative estimate of drug-likeness (QED) is 0.461. The summed E-state index contributed by atoms with van der Waals surface area (Å²) in [6, 6.07) is 4.05. The molecule has 0 saturated carbocycles. The predicted octanol–water partition coefficient (Wildman–Crippen LogP) is 3.71. The summed E-state index contributed by atoms with van der Waals surface area (Å²) < 4.78 is 55.4. The Labute approximate surface area is 101 Å². The summed E-state index contributed by atoms with van der Waals surface area (Å²) in [4.78, 5) is 3.99. The van der Waals surface area contributed by atoms with Crippen LogP contribution >= 0.6 is 0 Å². The van der Waals surface area contributed by atoms with Gasteiger partial charge in [0.15, 0.2) is 5.75 Å². The van der Waals surface area contributed by atoms with Crippen LogP contribution in [0, 0.1) is 5.92 Å². The molecule has 1 aliphatic rings. The number of fused-ring (bicyclic) bond motifs is 1. The average Bonchev–Trinajstić information content (AvgIpc) is 2.18. The van der Waals surface area contributed by atoms with E-state index >= 15 is 0 Å². The van der Waals surface area contributed by atoms with Gasteiger partial charge in [-0.05, 0) is 30.0 Å². The summed E-state index contributed by atoms with van der Waals surface area (Å²) >= 11 is 0. The fourth-order valence-electron chi connectivity index (χ4n) is 1.67. The van der Waals surface area contributed by atoms with Crippen LogP contribution in [0.15, 0.2) is 18.2 Å². The Hall–Kier alpha value is -1.50. The van der Waals surface area contributed by atoms with Crippen molar-refractivity contribution in [2.45, 2.75) is 26.5 Å². The van der Waals surface area contributed by atoms with Gasteiger partial charge < -0.3 is 4.74 Å². The molecule has 100 valence electrons. The zero-order valence-electron chi connectivity index (χ0n) is 9.79. The first-order chi connectivity index (χ1) is 8.21. The second-order valence-corrected chi connectivity index (χ2v) is 4.52. The molecular formula is C11H12F4NO2+. The molecule has 0 unspecified atom stereocenters. The highest BCUT2D eigenvalue weighted by Gasteiger charge is 2.71. The summed E-state index contributed by atoms with van der Waals surface area (Å²) in [5, 5.41) is -3.97. The van der Waals surface area contributed by atoms with Crippen molar-refractivity contribution in [3.8, 4) is 11.5 Å². The normalized spacial score (nSPS) is 19.9. The molecule has 0 atom stereocenters. The van der Waals surface area contributed by atoms with Crippen molar-refractivity contribution in [3.63, 3.8) is 0 Å². The number of hydrogen-bond acceptors (Lipinski definition) is 2. The smallest absolute Gasteiger partial charge is 0.372 e. The Morgan fingerprint density at radius 2 is 1.89 bits per heavy atom. The van der Waals surface area contributed by atoms with E-state index < -0.39 is 17.1 Å². The molecule has 18 heavy (non-hydrogen) atoms. The van der Waals surface area contributed by atoms with Crippen molar-refractivity contribution >= 4 is 0 Å². The highest BCUT2D eigenvalue weighted by atomic mass is 19.4. The van der Waals surface area contributed by atoms with Crippen molar-refractivity contribution in [1.29, 1.82) is 0 Å².